The van der Waals surface area contributed by atoms with E-state index in [1.54, 1.807) is 30.3 Å². The van der Waals surface area contributed by atoms with Crippen LogP contribution in [0, 0.1) is 0 Å². The first kappa shape index (κ1) is 47.5. The standard InChI is InChI=1S/C45H51NO15S/c1-28(47)46-40-37(57-30(3)49)23-45(44(52)62-35-19-13-8-14-20-35,61-43(40)42(59-32(5)51)39(58-31(4)50)27-55-29(2)48)60-36-21-22-54-38(26-53-24-33-15-9-6-10-16-33)41(36)56-25-34-17-11-7-12-18-34/h6-22,36-43H,23-27H2,1-5H3,(H,46,47)/t36-,37+,38-,39-,40-,41-,42-,43-,45-/m1/s1. The molecule has 17 heteroatoms. The maximum absolute atomic E-state index is 15.1. The van der Waals surface area contributed by atoms with E-state index in [1.165, 1.54) is 19.3 Å². The van der Waals surface area contributed by atoms with E-state index >= 15 is 4.79 Å². The van der Waals surface area contributed by atoms with Crippen molar-refractivity contribution in [1.29, 1.82) is 0 Å². The van der Waals surface area contributed by atoms with Gasteiger partial charge in [-0.25, -0.2) is 0 Å². The van der Waals surface area contributed by atoms with Gasteiger partial charge >= 0.3 is 23.9 Å². The van der Waals surface area contributed by atoms with Gasteiger partial charge in [0.1, 0.15) is 37.1 Å². The number of benzene rings is 3. The molecule has 16 nitrogen and oxygen atoms in total. The Balaban J connectivity index is 1.63. The molecule has 2 aliphatic rings. The van der Waals surface area contributed by atoms with Crippen LogP contribution in [0.2, 0.25) is 0 Å². The zero-order valence-corrected chi connectivity index (χ0v) is 35.8. The first-order chi connectivity index (χ1) is 29.7. The fourth-order valence-electron chi connectivity index (χ4n) is 6.96. The Bertz CT molecular complexity index is 2000. The predicted molar refractivity (Wildman–Crippen MR) is 220 cm³/mol. The fraction of sp³-hybridized carbons (Fsp3) is 0.422. The second-order valence-electron chi connectivity index (χ2n) is 14.5. The monoisotopic (exact) mass is 877 g/mol. The van der Waals surface area contributed by atoms with Crippen LogP contribution in [0.1, 0.15) is 52.2 Å². The van der Waals surface area contributed by atoms with Crippen LogP contribution in [0.15, 0.2) is 108 Å². The van der Waals surface area contributed by atoms with Crippen LogP contribution in [0.5, 0.6) is 0 Å². The SMILES string of the molecule is CC(=O)N[C@H]1[C@H]([C@H](OC(C)=O)[C@@H](COC(C)=O)OC(C)=O)O[C@@](O[C@@H]2C=CO[C@H](COCc3ccccc3)[C@@H]2OCc2ccccc2)(C(=O)Sc2ccccc2)C[C@@H]1OC(C)=O. The average molecular weight is 878 g/mol. The minimum Gasteiger partial charge on any atom is -0.493 e. The number of ether oxygens (including phenoxy) is 9. The van der Waals surface area contributed by atoms with E-state index in [0.29, 0.717) is 4.90 Å². The highest BCUT2D eigenvalue weighted by Crippen LogP contribution is 2.42. The molecule has 5 rings (SSSR count). The number of hydrogen-bond acceptors (Lipinski definition) is 16. The van der Waals surface area contributed by atoms with Gasteiger partial charge in [0.05, 0.1) is 32.1 Å². The summed E-state index contributed by atoms with van der Waals surface area (Å²) in [5, 5.41) is 1.97. The molecule has 0 unspecified atom stereocenters. The summed E-state index contributed by atoms with van der Waals surface area (Å²) in [6, 6.07) is 26.1. The number of carbonyl (C=O) groups excluding carboxylic acids is 6. The Labute approximate surface area is 363 Å². The van der Waals surface area contributed by atoms with Crippen molar-refractivity contribution >= 4 is 46.7 Å². The van der Waals surface area contributed by atoms with E-state index in [2.05, 4.69) is 5.32 Å². The van der Waals surface area contributed by atoms with Crippen LogP contribution in [-0.2, 0) is 84.6 Å². The van der Waals surface area contributed by atoms with E-state index in [0.717, 1.165) is 50.6 Å². The maximum atomic E-state index is 15.1. The molecule has 3 aromatic carbocycles. The number of amides is 1. The molecule has 0 radical (unpaired) electrons. The first-order valence-corrected chi connectivity index (χ1v) is 20.7. The van der Waals surface area contributed by atoms with Gasteiger partial charge in [-0.2, -0.15) is 0 Å². The lowest BCUT2D eigenvalue weighted by atomic mass is 9.88. The zero-order chi connectivity index (χ0) is 44.6. The lowest BCUT2D eigenvalue weighted by Crippen LogP contribution is -2.69. The molecule has 1 N–H and O–H groups in total. The predicted octanol–water partition coefficient (Wildman–Crippen LogP) is 4.75. The highest BCUT2D eigenvalue weighted by atomic mass is 32.2. The average Bonchev–Trinajstić information content (AvgIpc) is 3.22. The number of rotatable bonds is 19. The van der Waals surface area contributed by atoms with Gasteiger partial charge in [-0.1, -0.05) is 78.9 Å². The highest BCUT2D eigenvalue weighted by molar-refractivity contribution is 8.13. The third kappa shape index (κ3) is 14.0. The second kappa shape index (κ2) is 23.0. The number of thioether (sulfide) groups is 1. The quantitative estimate of drug-likeness (QED) is 0.0983. The molecule has 0 spiro atoms. The second-order valence-corrected chi connectivity index (χ2v) is 15.5. The van der Waals surface area contributed by atoms with Crippen LogP contribution in [-0.4, -0.2) is 103 Å². The molecule has 1 amide bonds. The van der Waals surface area contributed by atoms with E-state index in [9.17, 15) is 24.0 Å². The number of esters is 4. The molecule has 1 fully saturated rings. The summed E-state index contributed by atoms with van der Waals surface area (Å²) in [5.41, 5.74) is 1.75. The molecule has 0 saturated carbocycles. The zero-order valence-electron chi connectivity index (χ0n) is 35.0. The van der Waals surface area contributed by atoms with Crippen LogP contribution in [0.4, 0.5) is 0 Å². The summed E-state index contributed by atoms with van der Waals surface area (Å²) in [5.74, 6) is -6.33. The molecular formula is C45H51NO15S. The largest absolute Gasteiger partial charge is 0.493 e. The fourth-order valence-corrected chi connectivity index (χ4v) is 7.80. The van der Waals surface area contributed by atoms with Gasteiger partial charge in [-0.3, -0.25) is 28.8 Å². The lowest BCUT2D eigenvalue weighted by Gasteiger charge is -2.50. The van der Waals surface area contributed by atoms with Gasteiger partial charge in [-0.05, 0) is 41.1 Å². The van der Waals surface area contributed by atoms with Gasteiger partial charge in [0.25, 0.3) is 5.12 Å². The number of nitrogens with one attached hydrogen (secondary N) is 1. The molecule has 332 valence electrons. The van der Waals surface area contributed by atoms with Crippen LogP contribution >= 0.6 is 11.8 Å². The summed E-state index contributed by atoms with van der Waals surface area (Å²) < 4.78 is 54.8. The molecular weight excluding hydrogens is 827 g/mol. The van der Waals surface area contributed by atoms with Crippen LogP contribution in [0.3, 0.4) is 0 Å². The number of carbonyl (C=O) groups is 6. The van der Waals surface area contributed by atoms with E-state index < -0.39 is 102 Å². The molecule has 0 bridgehead atoms. The van der Waals surface area contributed by atoms with Gasteiger partial charge < -0.3 is 47.9 Å². The summed E-state index contributed by atoms with van der Waals surface area (Å²) >= 11 is 0.758. The normalized spacial score (nSPS) is 24.0. The maximum Gasteiger partial charge on any atom is 0.303 e. The van der Waals surface area contributed by atoms with Crippen molar-refractivity contribution in [2.75, 3.05) is 13.2 Å². The molecule has 0 aromatic heterocycles. The molecule has 0 aliphatic carbocycles. The summed E-state index contributed by atoms with van der Waals surface area (Å²) in [6.07, 6.45) is -6.83. The van der Waals surface area contributed by atoms with Crippen molar-refractivity contribution < 1.29 is 71.4 Å². The molecule has 62 heavy (non-hydrogen) atoms. The van der Waals surface area contributed by atoms with Crippen molar-refractivity contribution in [2.24, 2.45) is 0 Å². The topological polar surface area (TPSA) is 198 Å². The Morgan fingerprint density at radius 3 is 1.97 bits per heavy atom. The first-order valence-electron chi connectivity index (χ1n) is 19.9. The lowest BCUT2D eigenvalue weighted by molar-refractivity contribution is -0.320. The Hall–Kier alpha value is -5.59. The Morgan fingerprint density at radius 1 is 0.774 bits per heavy atom. The van der Waals surface area contributed by atoms with Crippen molar-refractivity contribution in [3.63, 3.8) is 0 Å². The van der Waals surface area contributed by atoms with Crippen molar-refractivity contribution in [3.8, 4) is 0 Å². The minimum absolute atomic E-state index is 0.0250. The smallest absolute Gasteiger partial charge is 0.303 e. The van der Waals surface area contributed by atoms with Gasteiger partial charge in [-0.15, -0.1) is 0 Å². The van der Waals surface area contributed by atoms with Gasteiger partial charge in [0.15, 0.2) is 12.2 Å². The van der Waals surface area contributed by atoms with Gasteiger partial charge in [0.2, 0.25) is 11.7 Å². The summed E-state index contributed by atoms with van der Waals surface area (Å²) in [7, 11) is 0. The van der Waals surface area contributed by atoms with Crippen LogP contribution < -0.4 is 5.32 Å². The van der Waals surface area contributed by atoms with Gasteiger partial charge in [0, 0.05) is 45.9 Å². The van der Waals surface area contributed by atoms with E-state index in [-0.39, 0.29) is 19.8 Å². The third-order valence-electron chi connectivity index (χ3n) is 9.48. The third-order valence-corrected chi connectivity index (χ3v) is 10.5. The van der Waals surface area contributed by atoms with Crippen molar-refractivity contribution in [1.82, 2.24) is 5.32 Å². The number of hydrogen-bond donors (Lipinski definition) is 1. The van der Waals surface area contributed by atoms with Crippen molar-refractivity contribution in [3.05, 3.63) is 114 Å². The Morgan fingerprint density at radius 2 is 1.39 bits per heavy atom. The van der Waals surface area contributed by atoms with E-state index in [1.807, 2.05) is 60.7 Å². The molecule has 2 aliphatic heterocycles. The summed E-state index contributed by atoms with van der Waals surface area (Å²) in [4.78, 5) is 78.7. The highest BCUT2D eigenvalue weighted by Gasteiger charge is 2.60. The van der Waals surface area contributed by atoms with E-state index in [4.69, 9.17) is 42.6 Å². The molecule has 9 atom stereocenters. The minimum atomic E-state index is -2.41. The molecule has 2 heterocycles. The van der Waals surface area contributed by atoms with Crippen molar-refractivity contribution in [2.45, 2.75) is 114 Å². The molecule has 3 aromatic rings. The summed E-state index contributed by atoms with van der Waals surface area (Å²) in [6.45, 7) is 5.35. The van der Waals surface area contributed by atoms with Crippen LogP contribution in [0.25, 0.3) is 0 Å². The Kier molecular flexibility index (Phi) is 17.6. The molecule has 1 saturated heterocycles.